The molecule has 0 saturated carbocycles. The maximum absolute atomic E-state index is 13.1. The van der Waals surface area contributed by atoms with E-state index in [1.807, 2.05) is 0 Å². The molecule has 0 aromatic carbocycles. The summed E-state index contributed by atoms with van der Waals surface area (Å²) in [5, 5.41) is 75.7. The Labute approximate surface area is 365 Å². The number of aliphatic hydroxyl groups is 7. The van der Waals surface area contributed by atoms with Gasteiger partial charge in [-0.25, -0.2) is 0 Å². The number of aliphatic hydroxyl groups excluding tert-OH is 7. The smallest absolute Gasteiger partial charge is 0.249 e. The van der Waals surface area contributed by atoms with Crippen molar-refractivity contribution in [3.05, 3.63) is 24.3 Å². The van der Waals surface area contributed by atoms with Crippen molar-refractivity contribution >= 4 is 5.91 Å². The Bertz CT molecular complexity index is 1030. The van der Waals surface area contributed by atoms with Gasteiger partial charge in [0.2, 0.25) is 5.91 Å². The summed E-state index contributed by atoms with van der Waals surface area (Å²) < 4.78 is 11.1. The quantitative estimate of drug-likeness (QED) is 0.0218. The highest BCUT2D eigenvalue weighted by Gasteiger charge is 2.44. The largest absolute Gasteiger partial charge is 0.394 e. The van der Waals surface area contributed by atoms with Crippen LogP contribution in [-0.2, 0) is 14.3 Å². The predicted molar refractivity (Wildman–Crippen MR) is 242 cm³/mol. The van der Waals surface area contributed by atoms with E-state index in [9.17, 15) is 40.5 Å². The lowest BCUT2D eigenvalue weighted by atomic mass is 9.98. The molecule has 0 aromatic rings. The molecule has 1 saturated heterocycles. The van der Waals surface area contributed by atoms with Crippen LogP contribution in [0.5, 0.6) is 0 Å². The molecule has 0 spiro atoms. The first-order valence-electron chi connectivity index (χ1n) is 24.7. The summed E-state index contributed by atoms with van der Waals surface area (Å²) in [5.41, 5.74) is 0. The zero-order valence-corrected chi connectivity index (χ0v) is 38.2. The molecule has 0 aromatic heterocycles. The number of rotatable bonds is 41. The Balaban J connectivity index is 2.44. The molecule has 0 radical (unpaired) electrons. The van der Waals surface area contributed by atoms with Gasteiger partial charge in [0, 0.05) is 0 Å². The zero-order chi connectivity index (χ0) is 44.1. The Kier molecular flexibility index (Phi) is 37.0. The maximum atomic E-state index is 13.1. The fraction of sp³-hybridized carbons (Fsp3) is 0.898. The molecular weight excluding hydrogens is 763 g/mol. The van der Waals surface area contributed by atoms with Crippen molar-refractivity contribution < 1.29 is 50.0 Å². The van der Waals surface area contributed by atoms with Crippen molar-refractivity contribution in [1.82, 2.24) is 5.32 Å². The Hall–Kier alpha value is -1.41. The highest BCUT2D eigenvalue weighted by atomic mass is 16.7. The second kappa shape index (κ2) is 39.2. The number of unbranched alkanes of at least 4 members (excludes halogenated alkanes) is 25. The summed E-state index contributed by atoms with van der Waals surface area (Å²) in [6.45, 7) is 3.42. The van der Waals surface area contributed by atoms with E-state index in [2.05, 4.69) is 43.5 Å². The Morgan fingerprint density at radius 2 is 1.00 bits per heavy atom. The topological polar surface area (TPSA) is 189 Å². The van der Waals surface area contributed by atoms with Gasteiger partial charge < -0.3 is 50.5 Å². The van der Waals surface area contributed by atoms with Crippen LogP contribution in [0.1, 0.15) is 213 Å². The lowest BCUT2D eigenvalue weighted by Crippen LogP contribution is -2.60. The number of carbonyl (C=O) groups is 1. The summed E-state index contributed by atoms with van der Waals surface area (Å²) in [6.07, 6.45) is 32.2. The number of hydrogen-bond acceptors (Lipinski definition) is 10. The van der Waals surface area contributed by atoms with Crippen LogP contribution < -0.4 is 5.32 Å². The first-order valence-corrected chi connectivity index (χ1v) is 24.7. The highest BCUT2D eigenvalue weighted by molar-refractivity contribution is 5.80. The molecule has 1 aliphatic heterocycles. The lowest BCUT2D eigenvalue weighted by Gasteiger charge is -2.40. The van der Waals surface area contributed by atoms with Gasteiger partial charge in [0.15, 0.2) is 6.29 Å². The second-order valence-corrected chi connectivity index (χ2v) is 17.5. The first kappa shape index (κ1) is 56.6. The van der Waals surface area contributed by atoms with Gasteiger partial charge in [0.1, 0.15) is 36.6 Å². The van der Waals surface area contributed by atoms with Crippen molar-refractivity contribution in [3.8, 4) is 0 Å². The number of carbonyl (C=O) groups excluding carboxylic acids is 1. The van der Waals surface area contributed by atoms with E-state index in [4.69, 9.17) is 9.47 Å². The van der Waals surface area contributed by atoms with Gasteiger partial charge in [-0.3, -0.25) is 4.79 Å². The van der Waals surface area contributed by atoms with E-state index >= 15 is 0 Å². The van der Waals surface area contributed by atoms with Crippen LogP contribution in [-0.4, -0.2) is 110 Å². The first-order chi connectivity index (χ1) is 29.2. The average Bonchev–Trinajstić information content (AvgIpc) is 3.25. The summed E-state index contributed by atoms with van der Waals surface area (Å²) in [6, 6.07) is -1.19. The fourth-order valence-electron chi connectivity index (χ4n) is 7.87. The molecule has 60 heavy (non-hydrogen) atoms. The van der Waals surface area contributed by atoms with Crippen molar-refractivity contribution in [2.24, 2.45) is 0 Å². The third-order valence-corrected chi connectivity index (χ3v) is 12.0. The normalized spacial score (nSPS) is 21.8. The van der Waals surface area contributed by atoms with Crippen molar-refractivity contribution in [3.63, 3.8) is 0 Å². The second-order valence-electron chi connectivity index (χ2n) is 17.5. The van der Waals surface area contributed by atoms with Crippen LogP contribution >= 0.6 is 0 Å². The monoisotopic (exact) mass is 856 g/mol. The molecule has 1 fully saturated rings. The van der Waals surface area contributed by atoms with E-state index in [1.54, 1.807) is 0 Å². The van der Waals surface area contributed by atoms with Crippen LogP contribution in [0.15, 0.2) is 24.3 Å². The van der Waals surface area contributed by atoms with E-state index < -0.39 is 74.2 Å². The molecule has 9 unspecified atom stereocenters. The van der Waals surface area contributed by atoms with E-state index in [-0.39, 0.29) is 12.8 Å². The minimum Gasteiger partial charge on any atom is -0.394 e. The molecule has 1 rings (SSSR count). The molecule has 1 aliphatic rings. The minimum absolute atomic E-state index is 0.248. The number of ether oxygens (including phenoxy) is 2. The van der Waals surface area contributed by atoms with Gasteiger partial charge >= 0.3 is 0 Å². The summed E-state index contributed by atoms with van der Waals surface area (Å²) in [7, 11) is 0. The zero-order valence-electron chi connectivity index (χ0n) is 38.2. The number of hydrogen-bond donors (Lipinski definition) is 8. The van der Waals surface area contributed by atoms with Gasteiger partial charge in [-0.15, -0.1) is 0 Å². The summed E-state index contributed by atoms with van der Waals surface area (Å²) in [5.74, 6) is -0.709. The van der Waals surface area contributed by atoms with E-state index in [0.29, 0.717) is 19.3 Å². The summed E-state index contributed by atoms with van der Waals surface area (Å²) in [4.78, 5) is 13.1. The van der Waals surface area contributed by atoms with Gasteiger partial charge in [-0.05, 0) is 51.4 Å². The highest BCUT2D eigenvalue weighted by Crippen LogP contribution is 2.23. The molecule has 11 nitrogen and oxygen atoms in total. The summed E-state index contributed by atoms with van der Waals surface area (Å²) >= 11 is 0. The maximum Gasteiger partial charge on any atom is 0.249 e. The molecule has 0 aliphatic carbocycles. The van der Waals surface area contributed by atoms with Crippen molar-refractivity contribution in [2.45, 2.75) is 268 Å². The minimum atomic E-state index is -1.67. The lowest BCUT2D eigenvalue weighted by molar-refractivity contribution is -0.303. The Morgan fingerprint density at radius 3 is 1.48 bits per heavy atom. The standard InChI is InChI=1S/C49H93NO10/c1-3-5-7-9-11-13-15-17-19-20-21-23-25-27-29-31-33-35-37-42(53)48(58)50-40(39-59-49-47(57)46(56)45(55)43(38-51)60-49)44(54)41(52)36-34-32-30-28-26-24-22-18-16-14-12-10-8-6-4-2/h18,22,28,30,40-47,49,51-57H,3-17,19-21,23-27,29,31-39H2,1-2H3,(H,50,58)/b22-18+,30-28+. The number of allylic oxidation sites excluding steroid dienone is 4. The molecule has 354 valence electrons. The SMILES string of the molecule is CCCCCCCC/C=C/CC/C=C/CCCC(O)C(O)C(COC1OC(CO)C(O)C(O)C1O)NC(=O)C(O)CCCCCCCCCCCCCCCCCCCC. The Morgan fingerprint density at radius 1 is 0.567 bits per heavy atom. The van der Waals surface area contributed by atoms with Gasteiger partial charge in [0.05, 0.1) is 25.4 Å². The molecule has 1 heterocycles. The molecule has 8 N–H and O–H groups in total. The van der Waals surface area contributed by atoms with Crippen LogP contribution in [0.2, 0.25) is 0 Å². The molecule has 0 bridgehead atoms. The number of amides is 1. The third kappa shape index (κ3) is 28.3. The van der Waals surface area contributed by atoms with Crippen LogP contribution in [0.3, 0.4) is 0 Å². The van der Waals surface area contributed by atoms with E-state index in [0.717, 1.165) is 38.5 Å². The number of nitrogens with one attached hydrogen (secondary N) is 1. The average molecular weight is 856 g/mol. The van der Waals surface area contributed by atoms with Crippen LogP contribution in [0, 0.1) is 0 Å². The predicted octanol–water partition coefficient (Wildman–Crippen LogP) is 8.62. The van der Waals surface area contributed by atoms with Crippen molar-refractivity contribution in [1.29, 1.82) is 0 Å². The van der Waals surface area contributed by atoms with Crippen molar-refractivity contribution in [2.75, 3.05) is 13.2 Å². The molecule has 1 amide bonds. The van der Waals surface area contributed by atoms with Gasteiger partial charge in [0.25, 0.3) is 0 Å². The third-order valence-electron chi connectivity index (χ3n) is 12.0. The molecule has 11 heteroatoms. The fourth-order valence-corrected chi connectivity index (χ4v) is 7.87. The van der Waals surface area contributed by atoms with Gasteiger partial charge in [-0.2, -0.15) is 0 Å². The molecule has 9 atom stereocenters. The van der Waals surface area contributed by atoms with Crippen LogP contribution in [0.4, 0.5) is 0 Å². The van der Waals surface area contributed by atoms with Gasteiger partial charge in [-0.1, -0.05) is 186 Å². The molecular formula is C49H93NO10. The van der Waals surface area contributed by atoms with Crippen LogP contribution in [0.25, 0.3) is 0 Å². The van der Waals surface area contributed by atoms with E-state index in [1.165, 1.54) is 128 Å².